The fraction of sp³-hybridized carbons (Fsp3) is 0.500. The van der Waals surface area contributed by atoms with E-state index in [0.717, 1.165) is 13.1 Å². The lowest BCUT2D eigenvalue weighted by atomic mass is 10.2. The van der Waals surface area contributed by atoms with Gasteiger partial charge in [0.15, 0.2) is 0 Å². The number of aromatic amines is 1. The number of rotatable bonds is 3. The fourth-order valence-electron chi connectivity index (χ4n) is 1.14. The molecule has 0 radical (unpaired) electrons. The predicted molar refractivity (Wildman–Crippen MR) is 48.7 cm³/mol. The summed E-state index contributed by atoms with van der Waals surface area (Å²) in [5, 5.41) is 3.05. The molecule has 2 heterocycles. The molecule has 0 saturated carbocycles. The van der Waals surface area contributed by atoms with Crippen LogP contribution in [0.3, 0.4) is 0 Å². The smallest absolute Gasteiger partial charge is 0.297 e. The van der Waals surface area contributed by atoms with Crippen LogP contribution >= 0.6 is 0 Å². The van der Waals surface area contributed by atoms with E-state index in [4.69, 9.17) is 9.47 Å². The summed E-state index contributed by atoms with van der Waals surface area (Å²) in [6.45, 7) is 1.55. The topological polar surface area (TPSA) is 76.2 Å². The van der Waals surface area contributed by atoms with Gasteiger partial charge in [-0.2, -0.15) is 0 Å². The van der Waals surface area contributed by atoms with Gasteiger partial charge in [0.05, 0.1) is 13.4 Å². The highest BCUT2D eigenvalue weighted by atomic mass is 16.5. The second kappa shape index (κ2) is 3.67. The number of nitrogens with one attached hydrogen (secondary N) is 2. The van der Waals surface area contributed by atoms with Gasteiger partial charge in [0.1, 0.15) is 6.10 Å². The molecule has 1 fully saturated rings. The first-order chi connectivity index (χ1) is 6.81. The number of aromatic nitrogens is 2. The maximum Gasteiger partial charge on any atom is 0.297 e. The number of ether oxygens (including phenoxy) is 2. The molecule has 0 amide bonds. The summed E-state index contributed by atoms with van der Waals surface area (Å²) in [4.78, 5) is 17.6. The van der Waals surface area contributed by atoms with Gasteiger partial charge in [-0.25, -0.2) is 4.98 Å². The molecule has 0 bridgehead atoms. The van der Waals surface area contributed by atoms with Gasteiger partial charge >= 0.3 is 0 Å². The molecule has 0 aromatic carbocycles. The third kappa shape index (κ3) is 1.56. The number of hydrogen-bond acceptors (Lipinski definition) is 5. The van der Waals surface area contributed by atoms with Crippen LogP contribution in [0.4, 0.5) is 0 Å². The van der Waals surface area contributed by atoms with E-state index in [9.17, 15) is 4.79 Å². The molecule has 6 nitrogen and oxygen atoms in total. The SMILES string of the molecule is COc1c(OC2CNC2)nc[nH]c1=O. The lowest BCUT2D eigenvalue weighted by Crippen LogP contribution is -2.50. The summed E-state index contributed by atoms with van der Waals surface area (Å²) in [7, 11) is 1.41. The van der Waals surface area contributed by atoms with Crippen molar-refractivity contribution in [3.63, 3.8) is 0 Å². The Morgan fingerprint density at radius 1 is 1.57 bits per heavy atom. The molecular formula is C8H11N3O3. The Morgan fingerprint density at radius 2 is 2.36 bits per heavy atom. The van der Waals surface area contributed by atoms with Crippen LogP contribution in [-0.4, -0.2) is 36.3 Å². The number of H-pyrrole nitrogens is 1. The third-order valence-electron chi connectivity index (χ3n) is 2.00. The highest BCUT2D eigenvalue weighted by molar-refractivity contribution is 5.29. The largest absolute Gasteiger partial charge is 0.487 e. The van der Waals surface area contributed by atoms with E-state index in [1.807, 2.05) is 0 Å². The van der Waals surface area contributed by atoms with Crippen LogP contribution in [0.2, 0.25) is 0 Å². The monoisotopic (exact) mass is 197 g/mol. The molecule has 0 aliphatic carbocycles. The van der Waals surface area contributed by atoms with Gasteiger partial charge in [-0.3, -0.25) is 4.79 Å². The maximum absolute atomic E-state index is 11.2. The van der Waals surface area contributed by atoms with Gasteiger partial charge in [-0.1, -0.05) is 0 Å². The molecule has 14 heavy (non-hydrogen) atoms. The van der Waals surface area contributed by atoms with E-state index in [1.54, 1.807) is 0 Å². The maximum atomic E-state index is 11.2. The van der Waals surface area contributed by atoms with E-state index >= 15 is 0 Å². The molecule has 1 saturated heterocycles. The van der Waals surface area contributed by atoms with Crippen molar-refractivity contribution in [2.75, 3.05) is 20.2 Å². The van der Waals surface area contributed by atoms with Crippen LogP contribution < -0.4 is 20.3 Å². The minimum absolute atomic E-state index is 0.0817. The van der Waals surface area contributed by atoms with Crippen LogP contribution in [0.1, 0.15) is 0 Å². The molecule has 1 aliphatic rings. The third-order valence-corrected chi connectivity index (χ3v) is 2.00. The van der Waals surface area contributed by atoms with Crippen LogP contribution in [0.15, 0.2) is 11.1 Å². The lowest BCUT2D eigenvalue weighted by molar-refractivity contribution is 0.130. The highest BCUT2D eigenvalue weighted by Crippen LogP contribution is 2.19. The summed E-state index contributed by atoms with van der Waals surface area (Å²) in [6, 6.07) is 0. The molecule has 2 rings (SSSR count). The van der Waals surface area contributed by atoms with E-state index in [0.29, 0.717) is 0 Å². The first-order valence-corrected chi connectivity index (χ1v) is 4.30. The number of methoxy groups -OCH3 is 1. The van der Waals surface area contributed by atoms with Crippen molar-refractivity contribution in [2.45, 2.75) is 6.10 Å². The Kier molecular flexibility index (Phi) is 2.36. The molecule has 1 aliphatic heterocycles. The Hall–Kier alpha value is -1.56. The molecule has 1 aromatic heterocycles. The van der Waals surface area contributed by atoms with E-state index in [1.165, 1.54) is 13.4 Å². The normalized spacial score (nSPS) is 16.1. The van der Waals surface area contributed by atoms with Gasteiger partial charge < -0.3 is 19.8 Å². The molecule has 1 aromatic rings. The van der Waals surface area contributed by atoms with Crippen molar-refractivity contribution in [3.8, 4) is 11.6 Å². The average molecular weight is 197 g/mol. The predicted octanol–water partition coefficient (Wildman–Crippen LogP) is -0.871. The molecule has 76 valence electrons. The van der Waals surface area contributed by atoms with Crippen molar-refractivity contribution in [2.24, 2.45) is 0 Å². The van der Waals surface area contributed by atoms with Crippen molar-refractivity contribution in [3.05, 3.63) is 16.7 Å². The van der Waals surface area contributed by atoms with Crippen molar-refractivity contribution >= 4 is 0 Å². The van der Waals surface area contributed by atoms with E-state index in [2.05, 4.69) is 15.3 Å². The summed E-state index contributed by atoms with van der Waals surface area (Å²) in [5.74, 6) is 0.377. The van der Waals surface area contributed by atoms with Gasteiger partial charge in [0.2, 0.25) is 5.75 Å². The standard InChI is InChI=1S/C8H11N3O3/c1-13-6-7(12)10-4-11-8(6)14-5-2-9-3-5/h4-5,9H,2-3H2,1H3,(H,10,11,12). The fourth-order valence-corrected chi connectivity index (χ4v) is 1.14. The molecule has 6 heteroatoms. The lowest BCUT2D eigenvalue weighted by Gasteiger charge is -2.27. The minimum Gasteiger partial charge on any atom is -0.487 e. The van der Waals surface area contributed by atoms with Crippen LogP contribution in [0.25, 0.3) is 0 Å². The molecule has 0 unspecified atom stereocenters. The summed E-state index contributed by atoms with van der Waals surface area (Å²) < 4.78 is 10.3. The Labute approximate surface area is 80.3 Å². The van der Waals surface area contributed by atoms with Gasteiger partial charge in [0, 0.05) is 13.1 Å². The average Bonchev–Trinajstić information content (AvgIpc) is 2.11. The van der Waals surface area contributed by atoms with Crippen molar-refractivity contribution in [1.82, 2.24) is 15.3 Å². The van der Waals surface area contributed by atoms with Crippen LogP contribution in [0.5, 0.6) is 11.6 Å². The van der Waals surface area contributed by atoms with Gasteiger partial charge in [0.25, 0.3) is 11.4 Å². The quantitative estimate of drug-likeness (QED) is 0.658. The first kappa shape index (κ1) is 9.01. The van der Waals surface area contributed by atoms with Crippen LogP contribution in [-0.2, 0) is 0 Å². The van der Waals surface area contributed by atoms with Crippen molar-refractivity contribution < 1.29 is 9.47 Å². The second-order valence-electron chi connectivity index (χ2n) is 2.97. The van der Waals surface area contributed by atoms with Gasteiger partial charge in [-0.05, 0) is 0 Å². The number of nitrogens with zero attached hydrogens (tertiary/aromatic N) is 1. The van der Waals surface area contributed by atoms with Crippen molar-refractivity contribution in [1.29, 1.82) is 0 Å². The first-order valence-electron chi connectivity index (χ1n) is 4.30. The Balaban J connectivity index is 2.22. The number of hydrogen-bond donors (Lipinski definition) is 2. The summed E-state index contributed by atoms with van der Waals surface area (Å²) in [5.41, 5.74) is -0.329. The Bertz CT molecular complexity index is 372. The highest BCUT2D eigenvalue weighted by Gasteiger charge is 2.21. The molecule has 0 spiro atoms. The van der Waals surface area contributed by atoms with Gasteiger partial charge in [-0.15, -0.1) is 0 Å². The zero-order valence-electron chi connectivity index (χ0n) is 7.74. The second-order valence-corrected chi connectivity index (χ2v) is 2.97. The Morgan fingerprint density at radius 3 is 2.93 bits per heavy atom. The summed E-state index contributed by atoms with van der Waals surface area (Å²) in [6.07, 6.45) is 1.38. The zero-order chi connectivity index (χ0) is 9.97. The molecular weight excluding hydrogens is 186 g/mol. The van der Waals surface area contributed by atoms with Crippen LogP contribution in [0, 0.1) is 0 Å². The summed E-state index contributed by atoms with van der Waals surface area (Å²) >= 11 is 0. The molecule has 0 atom stereocenters. The zero-order valence-corrected chi connectivity index (χ0v) is 7.74. The van der Waals surface area contributed by atoms with E-state index < -0.39 is 0 Å². The van der Waals surface area contributed by atoms with E-state index in [-0.39, 0.29) is 23.3 Å². The molecule has 2 N–H and O–H groups in total. The minimum atomic E-state index is -0.329.